The van der Waals surface area contributed by atoms with E-state index >= 15 is 0 Å². The zero-order valence-corrected chi connectivity index (χ0v) is 10.4. The molecule has 1 heterocycles. The van der Waals surface area contributed by atoms with E-state index in [2.05, 4.69) is 0 Å². The number of carbonyl (C=O) groups excluding carboxylic acids is 3. The van der Waals surface area contributed by atoms with Crippen LogP contribution in [0.1, 0.15) is 20.3 Å². The number of ether oxygens (including phenoxy) is 3. The van der Waals surface area contributed by atoms with Crippen molar-refractivity contribution in [3.8, 4) is 0 Å². The first-order chi connectivity index (χ1) is 8.49. The second-order valence-electron chi connectivity index (χ2n) is 4.75. The Kier molecular flexibility index (Phi) is 3.54. The first-order valence-corrected chi connectivity index (χ1v) is 5.96. The van der Waals surface area contributed by atoms with E-state index in [-0.39, 0.29) is 48.4 Å². The summed E-state index contributed by atoms with van der Waals surface area (Å²) in [6, 6.07) is 0. The minimum atomic E-state index is -0.388. The van der Waals surface area contributed by atoms with Gasteiger partial charge in [-0.1, -0.05) is 0 Å². The Morgan fingerprint density at radius 2 is 2.06 bits per heavy atom. The van der Waals surface area contributed by atoms with E-state index in [1.54, 1.807) is 0 Å². The fraction of sp³-hybridized carbons (Fsp3) is 0.750. The van der Waals surface area contributed by atoms with Gasteiger partial charge in [-0.2, -0.15) is 0 Å². The molecule has 0 amide bonds. The molecule has 0 aromatic rings. The summed E-state index contributed by atoms with van der Waals surface area (Å²) in [7, 11) is 0. The van der Waals surface area contributed by atoms with Crippen LogP contribution in [0.2, 0.25) is 0 Å². The molecule has 4 atom stereocenters. The van der Waals surface area contributed by atoms with Crippen LogP contribution in [0.3, 0.4) is 0 Å². The highest BCUT2D eigenvalue weighted by Gasteiger charge is 2.53. The Labute approximate surface area is 105 Å². The van der Waals surface area contributed by atoms with Crippen LogP contribution in [0.4, 0.5) is 0 Å². The SMILES string of the molecule is CC(=O)OC[C@H]1[C@H]2COC(=O)[C@H]2C[C@@H]1OC(C)=O. The minimum absolute atomic E-state index is 0.0267. The molecule has 0 radical (unpaired) electrons. The molecule has 2 rings (SSSR count). The van der Waals surface area contributed by atoms with E-state index in [9.17, 15) is 14.4 Å². The van der Waals surface area contributed by atoms with Gasteiger partial charge in [-0.05, 0) is 6.42 Å². The minimum Gasteiger partial charge on any atom is -0.465 e. The molecule has 1 aliphatic heterocycles. The molecule has 1 saturated carbocycles. The number of rotatable bonds is 3. The molecular weight excluding hydrogens is 240 g/mol. The van der Waals surface area contributed by atoms with Crippen LogP contribution < -0.4 is 0 Å². The van der Waals surface area contributed by atoms with Crippen molar-refractivity contribution in [2.75, 3.05) is 13.2 Å². The normalized spacial score (nSPS) is 33.8. The van der Waals surface area contributed by atoms with Gasteiger partial charge >= 0.3 is 17.9 Å². The van der Waals surface area contributed by atoms with Crippen molar-refractivity contribution in [2.24, 2.45) is 17.8 Å². The van der Waals surface area contributed by atoms with Gasteiger partial charge in [0.15, 0.2) is 0 Å². The molecule has 0 aromatic carbocycles. The fourth-order valence-corrected chi connectivity index (χ4v) is 2.76. The van der Waals surface area contributed by atoms with Crippen molar-refractivity contribution in [1.29, 1.82) is 0 Å². The molecule has 0 bridgehead atoms. The zero-order valence-electron chi connectivity index (χ0n) is 10.4. The topological polar surface area (TPSA) is 78.9 Å². The predicted molar refractivity (Wildman–Crippen MR) is 58.2 cm³/mol. The number of fused-ring (bicyclic) bond motifs is 1. The summed E-state index contributed by atoms with van der Waals surface area (Å²) in [6.07, 6.45) is 0.0827. The van der Waals surface area contributed by atoms with E-state index < -0.39 is 0 Å². The zero-order chi connectivity index (χ0) is 13.3. The van der Waals surface area contributed by atoms with E-state index in [4.69, 9.17) is 14.2 Å². The first-order valence-electron chi connectivity index (χ1n) is 5.96. The highest BCUT2D eigenvalue weighted by molar-refractivity contribution is 5.75. The molecule has 0 N–H and O–H groups in total. The fourth-order valence-electron chi connectivity index (χ4n) is 2.76. The maximum atomic E-state index is 11.5. The standard InChI is InChI=1S/C12H16O6/c1-6(13)16-5-10-9-4-17-12(15)8(9)3-11(10)18-7(2)14/h8-11H,3-5H2,1-2H3/t8-,9-,10-,11-/m0/s1. The quantitative estimate of drug-likeness (QED) is 0.533. The molecule has 6 heteroatoms. The van der Waals surface area contributed by atoms with Crippen LogP contribution in [0, 0.1) is 17.8 Å². The number of carbonyl (C=O) groups is 3. The Balaban J connectivity index is 2.06. The average molecular weight is 256 g/mol. The van der Waals surface area contributed by atoms with E-state index in [0.29, 0.717) is 13.0 Å². The van der Waals surface area contributed by atoms with Crippen LogP contribution in [-0.4, -0.2) is 37.2 Å². The van der Waals surface area contributed by atoms with E-state index in [1.165, 1.54) is 13.8 Å². The van der Waals surface area contributed by atoms with Crippen LogP contribution in [0.25, 0.3) is 0 Å². The van der Waals surface area contributed by atoms with E-state index in [0.717, 1.165) is 0 Å². The van der Waals surface area contributed by atoms with Crippen molar-refractivity contribution in [3.63, 3.8) is 0 Å². The number of cyclic esters (lactones) is 1. The largest absolute Gasteiger partial charge is 0.465 e. The molecule has 2 aliphatic rings. The third-order valence-electron chi connectivity index (χ3n) is 3.55. The molecule has 0 aromatic heterocycles. The lowest BCUT2D eigenvalue weighted by Gasteiger charge is -2.22. The monoisotopic (exact) mass is 256 g/mol. The number of esters is 3. The first kappa shape index (κ1) is 12.9. The third kappa shape index (κ3) is 2.47. The lowest BCUT2D eigenvalue weighted by atomic mass is 9.92. The molecule has 6 nitrogen and oxygen atoms in total. The van der Waals surface area contributed by atoms with Crippen molar-refractivity contribution in [3.05, 3.63) is 0 Å². The summed E-state index contributed by atoms with van der Waals surface area (Å²) in [5.74, 6) is -1.45. The van der Waals surface area contributed by atoms with Crippen molar-refractivity contribution >= 4 is 17.9 Å². The van der Waals surface area contributed by atoms with Crippen molar-refractivity contribution in [2.45, 2.75) is 26.4 Å². The van der Waals surface area contributed by atoms with Gasteiger partial charge in [-0.3, -0.25) is 14.4 Å². The molecule has 1 saturated heterocycles. The molecule has 100 valence electrons. The van der Waals surface area contributed by atoms with Gasteiger partial charge in [0.05, 0.1) is 19.1 Å². The van der Waals surface area contributed by atoms with Crippen LogP contribution >= 0.6 is 0 Å². The van der Waals surface area contributed by atoms with Gasteiger partial charge in [0.2, 0.25) is 0 Å². The molecule has 0 unspecified atom stereocenters. The molecule has 18 heavy (non-hydrogen) atoms. The summed E-state index contributed by atoms with van der Waals surface area (Å²) in [5.41, 5.74) is 0. The van der Waals surface area contributed by atoms with Gasteiger partial charge in [0.25, 0.3) is 0 Å². The molecular formula is C12H16O6. The second kappa shape index (κ2) is 4.96. The van der Waals surface area contributed by atoms with Gasteiger partial charge in [-0.25, -0.2) is 0 Å². The maximum Gasteiger partial charge on any atom is 0.309 e. The van der Waals surface area contributed by atoms with E-state index in [1.807, 2.05) is 0 Å². The lowest BCUT2D eigenvalue weighted by Crippen LogP contribution is -2.30. The number of hydrogen-bond acceptors (Lipinski definition) is 6. The molecule has 2 fully saturated rings. The molecule has 1 aliphatic carbocycles. The summed E-state index contributed by atoms with van der Waals surface area (Å²) in [6.45, 7) is 3.12. The van der Waals surface area contributed by atoms with Gasteiger partial charge in [0, 0.05) is 25.7 Å². The second-order valence-corrected chi connectivity index (χ2v) is 4.75. The Morgan fingerprint density at radius 3 is 2.67 bits per heavy atom. The summed E-state index contributed by atoms with van der Waals surface area (Å²) >= 11 is 0. The maximum absolute atomic E-state index is 11.5. The van der Waals surface area contributed by atoms with Crippen molar-refractivity contribution < 1.29 is 28.6 Å². The summed E-state index contributed by atoms with van der Waals surface area (Å²) < 4.78 is 15.2. The lowest BCUT2D eigenvalue weighted by molar-refractivity contribution is -0.154. The van der Waals surface area contributed by atoms with Crippen LogP contribution in [0.5, 0.6) is 0 Å². The van der Waals surface area contributed by atoms with Gasteiger partial charge < -0.3 is 14.2 Å². The summed E-state index contributed by atoms with van der Waals surface area (Å²) in [4.78, 5) is 33.4. The Bertz CT molecular complexity index is 377. The van der Waals surface area contributed by atoms with Crippen molar-refractivity contribution in [1.82, 2.24) is 0 Å². The van der Waals surface area contributed by atoms with Gasteiger partial charge in [0.1, 0.15) is 6.10 Å². The van der Waals surface area contributed by atoms with Crippen LogP contribution in [0.15, 0.2) is 0 Å². The molecule has 0 spiro atoms. The summed E-state index contributed by atoms with van der Waals surface area (Å²) in [5, 5.41) is 0. The average Bonchev–Trinajstić information content (AvgIpc) is 2.76. The van der Waals surface area contributed by atoms with Crippen LogP contribution in [-0.2, 0) is 28.6 Å². The highest BCUT2D eigenvalue weighted by Crippen LogP contribution is 2.43. The Hall–Kier alpha value is -1.59. The third-order valence-corrected chi connectivity index (χ3v) is 3.55. The Morgan fingerprint density at radius 1 is 1.33 bits per heavy atom. The predicted octanol–water partition coefficient (Wildman–Crippen LogP) is 0.290. The smallest absolute Gasteiger partial charge is 0.309 e. The highest BCUT2D eigenvalue weighted by atomic mass is 16.6. The number of hydrogen-bond donors (Lipinski definition) is 0. The van der Waals surface area contributed by atoms with Gasteiger partial charge in [-0.15, -0.1) is 0 Å².